The highest BCUT2D eigenvalue weighted by Crippen LogP contribution is 2.44. The van der Waals surface area contributed by atoms with E-state index in [2.05, 4.69) is 86.6 Å². The van der Waals surface area contributed by atoms with E-state index in [1.54, 1.807) is 6.20 Å². The first kappa shape index (κ1) is 28.2. The molecule has 0 bridgehead atoms. The van der Waals surface area contributed by atoms with Gasteiger partial charge < -0.3 is 20.0 Å². The minimum atomic E-state index is -1.93. The first-order valence-electron chi connectivity index (χ1n) is 14.0. The monoisotopic (exact) mass is 555 g/mol. The Morgan fingerprint density at radius 2 is 2.00 bits per heavy atom. The summed E-state index contributed by atoms with van der Waals surface area (Å²) in [5.41, 5.74) is 8.30. The Bertz CT molecular complexity index is 1490. The molecule has 210 valence electrons. The Balaban J connectivity index is 1.45. The van der Waals surface area contributed by atoms with Gasteiger partial charge in [-0.05, 0) is 67.5 Å². The number of rotatable bonds is 6. The third-order valence-electron chi connectivity index (χ3n) is 8.87. The summed E-state index contributed by atoms with van der Waals surface area (Å²) in [5.74, 6) is 0.507. The lowest BCUT2D eigenvalue weighted by Crippen LogP contribution is -2.45. The zero-order valence-corrected chi connectivity index (χ0v) is 26.1. The van der Waals surface area contributed by atoms with Crippen LogP contribution in [0.25, 0.3) is 11.3 Å². The number of benzene rings is 1. The predicted molar refractivity (Wildman–Crippen MR) is 163 cm³/mol. The normalized spacial score (nSPS) is 19.0. The van der Waals surface area contributed by atoms with E-state index < -0.39 is 8.32 Å². The van der Waals surface area contributed by atoms with Gasteiger partial charge in [-0.15, -0.1) is 0 Å². The second-order valence-corrected chi connectivity index (χ2v) is 17.9. The van der Waals surface area contributed by atoms with Gasteiger partial charge in [0.2, 0.25) is 5.95 Å². The number of anilines is 3. The van der Waals surface area contributed by atoms with Crippen molar-refractivity contribution >= 4 is 25.6 Å². The second-order valence-electron chi connectivity index (χ2n) is 13.1. The number of fused-ring (bicyclic) bond motifs is 2. The quantitative estimate of drug-likeness (QED) is 0.349. The summed E-state index contributed by atoms with van der Waals surface area (Å²) in [6.07, 6.45) is 2.73. The van der Waals surface area contributed by atoms with E-state index in [1.165, 1.54) is 11.3 Å². The molecule has 0 unspecified atom stereocenters. The molecular weight excluding hydrogens is 514 g/mol. The molecule has 1 atom stereocenters. The van der Waals surface area contributed by atoms with E-state index in [9.17, 15) is 5.26 Å². The van der Waals surface area contributed by atoms with Crippen molar-refractivity contribution in [3.63, 3.8) is 0 Å². The van der Waals surface area contributed by atoms with Crippen LogP contribution in [0, 0.1) is 18.3 Å². The number of pyridine rings is 1. The van der Waals surface area contributed by atoms with E-state index in [-0.39, 0.29) is 10.5 Å². The number of nitriles is 1. The lowest BCUT2D eigenvalue weighted by Gasteiger charge is -2.39. The maximum absolute atomic E-state index is 10.0. The highest BCUT2D eigenvalue weighted by molar-refractivity contribution is 6.74. The van der Waals surface area contributed by atoms with Gasteiger partial charge >= 0.3 is 0 Å². The average molecular weight is 556 g/mol. The molecule has 9 heteroatoms. The smallest absolute Gasteiger partial charge is 0.227 e. The lowest BCUT2D eigenvalue weighted by molar-refractivity contribution is 0.220. The van der Waals surface area contributed by atoms with Crippen LogP contribution in [0.1, 0.15) is 55.8 Å². The number of aromatic nitrogens is 3. The first-order valence-corrected chi connectivity index (χ1v) is 17.0. The standard InChI is InChI=1S/C31H41N7OSi/c1-20-27(15-23-17-38(6)12-10-26(23)35-20)37-29-33-11-9-25(36-29)21-13-22(16-32)28-24(14-21)31(5,18-34-28)19-39-40(7,8)30(2,3)4/h9,11,13-15,34H,10,12,17-19H2,1-8H3,(H,33,36,37)/t31-/m1/s1. The highest BCUT2D eigenvalue weighted by Gasteiger charge is 2.42. The van der Waals surface area contributed by atoms with Gasteiger partial charge in [-0.2, -0.15) is 5.26 Å². The van der Waals surface area contributed by atoms with Crippen molar-refractivity contribution < 1.29 is 4.43 Å². The maximum Gasteiger partial charge on any atom is 0.227 e. The van der Waals surface area contributed by atoms with Crippen LogP contribution in [0.4, 0.5) is 17.3 Å². The molecule has 0 spiro atoms. The van der Waals surface area contributed by atoms with Crippen LogP contribution in [0.3, 0.4) is 0 Å². The van der Waals surface area contributed by atoms with Crippen molar-refractivity contribution in [2.75, 3.05) is 37.4 Å². The number of hydrogen-bond donors (Lipinski definition) is 2. The van der Waals surface area contributed by atoms with Crippen molar-refractivity contribution in [3.05, 3.63) is 58.5 Å². The molecule has 0 radical (unpaired) electrons. The summed E-state index contributed by atoms with van der Waals surface area (Å²) in [7, 11) is 0.201. The molecular formula is C31H41N7OSi. The molecule has 8 nitrogen and oxygen atoms in total. The summed E-state index contributed by atoms with van der Waals surface area (Å²) in [6, 6.07) is 10.6. The van der Waals surface area contributed by atoms with Crippen LogP contribution in [-0.2, 0) is 22.8 Å². The number of nitrogens with zero attached hydrogens (tertiary/aromatic N) is 5. The summed E-state index contributed by atoms with van der Waals surface area (Å²) >= 11 is 0. The van der Waals surface area contributed by atoms with E-state index in [0.717, 1.165) is 59.9 Å². The Labute approximate surface area is 239 Å². The van der Waals surface area contributed by atoms with Crippen molar-refractivity contribution in [1.82, 2.24) is 19.9 Å². The Hall–Kier alpha value is -3.32. The van der Waals surface area contributed by atoms with Crippen molar-refractivity contribution in [3.8, 4) is 17.3 Å². The van der Waals surface area contributed by atoms with Gasteiger partial charge in [0.15, 0.2) is 8.32 Å². The van der Waals surface area contributed by atoms with Crippen LogP contribution in [-0.4, -0.2) is 54.9 Å². The Kier molecular flexibility index (Phi) is 7.23. The molecule has 3 aromatic rings. The van der Waals surface area contributed by atoms with Gasteiger partial charge in [0.05, 0.1) is 28.3 Å². The molecule has 4 heterocycles. The molecule has 2 aliphatic heterocycles. The summed E-state index contributed by atoms with van der Waals surface area (Å²) in [4.78, 5) is 16.5. The SMILES string of the molecule is Cc1nc2c(cc1Nc1nccc(-c3cc(C#N)c4c(c3)[C@@](C)(CO[Si](C)(C)C(C)(C)C)CN4)n1)CN(C)CC2. The Morgan fingerprint density at radius 3 is 2.73 bits per heavy atom. The van der Waals surface area contributed by atoms with Gasteiger partial charge in [-0.1, -0.05) is 27.7 Å². The third kappa shape index (κ3) is 5.36. The fourth-order valence-electron chi connectivity index (χ4n) is 5.15. The fourth-order valence-corrected chi connectivity index (χ4v) is 6.26. The average Bonchev–Trinajstić information content (AvgIpc) is 3.24. The van der Waals surface area contributed by atoms with Crippen LogP contribution < -0.4 is 10.6 Å². The van der Waals surface area contributed by atoms with Crippen molar-refractivity contribution in [1.29, 1.82) is 5.26 Å². The van der Waals surface area contributed by atoms with E-state index in [4.69, 9.17) is 14.4 Å². The second kappa shape index (κ2) is 10.3. The van der Waals surface area contributed by atoms with E-state index in [1.807, 2.05) is 19.1 Å². The number of aryl methyl sites for hydroxylation is 1. The summed E-state index contributed by atoms with van der Waals surface area (Å²) in [6.45, 7) is 18.8. The number of nitrogens with one attached hydrogen (secondary N) is 2. The van der Waals surface area contributed by atoms with Gasteiger partial charge in [0, 0.05) is 55.5 Å². The summed E-state index contributed by atoms with van der Waals surface area (Å²) < 4.78 is 6.67. The van der Waals surface area contributed by atoms with Gasteiger partial charge in [-0.3, -0.25) is 4.98 Å². The third-order valence-corrected chi connectivity index (χ3v) is 13.4. The molecule has 0 aliphatic carbocycles. The maximum atomic E-state index is 10.0. The van der Waals surface area contributed by atoms with Crippen molar-refractivity contribution in [2.45, 2.75) is 71.1 Å². The Morgan fingerprint density at radius 1 is 1.23 bits per heavy atom. The molecule has 40 heavy (non-hydrogen) atoms. The zero-order chi connectivity index (χ0) is 28.9. The van der Waals surface area contributed by atoms with Crippen LogP contribution >= 0.6 is 0 Å². The molecule has 2 N–H and O–H groups in total. The molecule has 1 aromatic carbocycles. The fraction of sp³-hybridized carbons (Fsp3) is 0.484. The molecule has 2 aromatic heterocycles. The molecule has 0 saturated heterocycles. The molecule has 0 amide bonds. The highest BCUT2D eigenvalue weighted by atomic mass is 28.4. The van der Waals surface area contributed by atoms with Crippen LogP contribution in [0.2, 0.25) is 18.1 Å². The zero-order valence-electron chi connectivity index (χ0n) is 25.1. The predicted octanol–water partition coefficient (Wildman–Crippen LogP) is 6.16. The number of hydrogen-bond acceptors (Lipinski definition) is 8. The van der Waals surface area contributed by atoms with E-state index >= 15 is 0 Å². The molecule has 5 rings (SSSR count). The van der Waals surface area contributed by atoms with Gasteiger partial charge in [0.1, 0.15) is 6.07 Å². The van der Waals surface area contributed by atoms with Gasteiger partial charge in [-0.25, -0.2) is 9.97 Å². The van der Waals surface area contributed by atoms with Gasteiger partial charge in [0.25, 0.3) is 0 Å². The minimum Gasteiger partial charge on any atom is -0.416 e. The van der Waals surface area contributed by atoms with Crippen molar-refractivity contribution in [2.24, 2.45) is 0 Å². The number of likely N-dealkylation sites (N-methyl/N-ethyl adjacent to an activating group) is 1. The summed E-state index contributed by atoms with van der Waals surface area (Å²) in [5, 5.41) is 17.1. The molecule has 0 saturated carbocycles. The van der Waals surface area contributed by atoms with Crippen LogP contribution in [0.5, 0.6) is 0 Å². The van der Waals surface area contributed by atoms with Crippen LogP contribution in [0.15, 0.2) is 30.5 Å². The lowest BCUT2D eigenvalue weighted by atomic mass is 9.83. The minimum absolute atomic E-state index is 0.129. The molecule has 2 aliphatic rings. The first-order chi connectivity index (χ1) is 18.8. The van der Waals surface area contributed by atoms with E-state index in [0.29, 0.717) is 18.1 Å². The topological polar surface area (TPSA) is 99.0 Å². The largest absolute Gasteiger partial charge is 0.416 e. The molecule has 0 fully saturated rings.